The number of aryl methyl sites for hydroxylation is 1. The number of amides is 1. The first-order valence-electron chi connectivity index (χ1n) is 8.55. The summed E-state index contributed by atoms with van der Waals surface area (Å²) < 4.78 is 12.2. The number of aromatic nitrogens is 2. The Kier molecular flexibility index (Phi) is 5.72. The minimum atomic E-state index is -0.573. The van der Waals surface area contributed by atoms with E-state index in [0.717, 1.165) is 5.69 Å². The highest BCUT2D eigenvalue weighted by Crippen LogP contribution is 2.30. The van der Waals surface area contributed by atoms with Crippen molar-refractivity contribution in [1.82, 2.24) is 14.7 Å². The predicted molar refractivity (Wildman–Crippen MR) is 92.3 cm³/mol. The molecule has 0 bridgehead atoms. The van der Waals surface area contributed by atoms with Crippen molar-refractivity contribution in [1.29, 1.82) is 0 Å². The summed E-state index contributed by atoms with van der Waals surface area (Å²) in [5.74, 6) is -0.517. The molecule has 0 aromatic carbocycles. The Hall–Kier alpha value is -2.09. The second-order valence-electron chi connectivity index (χ2n) is 7.37. The quantitative estimate of drug-likeness (QED) is 0.830. The minimum Gasteiger partial charge on any atom is -0.462 e. The van der Waals surface area contributed by atoms with E-state index in [9.17, 15) is 9.59 Å². The lowest BCUT2D eigenvalue weighted by Gasteiger charge is -2.37. The van der Waals surface area contributed by atoms with Gasteiger partial charge in [-0.3, -0.25) is 4.68 Å². The molecular weight excluding hydrogens is 324 g/mol. The van der Waals surface area contributed by atoms with Crippen molar-refractivity contribution in [2.75, 3.05) is 19.7 Å². The van der Waals surface area contributed by atoms with Crippen molar-refractivity contribution in [3.63, 3.8) is 0 Å². The number of likely N-dealkylation sites (tertiary alicyclic amines) is 1. The summed E-state index contributed by atoms with van der Waals surface area (Å²) in [6, 6.07) is -0.198. The second kappa shape index (κ2) is 7.43. The third kappa shape index (κ3) is 4.72. The molecule has 25 heavy (non-hydrogen) atoms. The van der Waals surface area contributed by atoms with E-state index in [0.29, 0.717) is 31.7 Å². The first-order valence-corrected chi connectivity index (χ1v) is 8.55. The van der Waals surface area contributed by atoms with Crippen LogP contribution in [0, 0.1) is 0 Å². The molecule has 2 heterocycles. The average Bonchev–Trinajstić information content (AvgIpc) is 2.87. The Balaban J connectivity index is 2.23. The van der Waals surface area contributed by atoms with Crippen molar-refractivity contribution in [2.45, 2.75) is 51.7 Å². The van der Waals surface area contributed by atoms with Gasteiger partial charge in [0.15, 0.2) is 0 Å². The molecule has 0 saturated carbocycles. The fourth-order valence-electron chi connectivity index (χ4n) is 3.11. The molecule has 1 amide bonds. The Morgan fingerprint density at radius 1 is 1.36 bits per heavy atom. The first-order chi connectivity index (χ1) is 11.6. The molecule has 1 saturated heterocycles. The van der Waals surface area contributed by atoms with Gasteiger partial charge in [0.2, 0.25) is 0 Å². The Morgan fingerprint density at radius 3 is 2.64 bits per heavy atom. The molecule has 2 atom stereocenters. The molecule has 1 aliphatic heterocycles. The van der Waals surface area contributed by atoms with E-state index < -0.39 is 17.7 Å². The molecule has 140 valence electrons. The van der Waals surface area contributed by atoms with Crippen LogP contribution < -0.4 is 5.73 Å². The van der Waals surface area contributed by atoms with Gasteiger partial charge in [0.25, 0.3) is 0 Å². The van der Waals surface area contributed by atoms with Gasteiger partial charge in [-0.2, -0.15) is 5.10 Å². The summed E-state index contributed by atoms with van der Waals surface area (Å²) in [5.41, 5.74) is 6.75. The number of carbonyl (C=O) groups excluding carboxylic acids is 2. The number of nitrogens with two attached hydrogens (primary N) is 1. The third-order valence-corrected chi connectivity index (χ3v) is 4.00. The van der Waals surface area contributed by atoms with E-state index in [2.05, 4.69) is 5.10 Å². The second-order valence-corrected chi connectivity index (χ2v) is 7.37. The van der Waals surface area contributed by atoms with Gasteiger partial charge in [-0.1, -0.05) is 0 Å². The molecule has 1 aromatic heterocycles. The molecule has 1 aliphatic rings. The third-order valence-electron chi connectivity index (χ3n) is 4.00. The SMILES string of the molecule is CCOC(=O)c1cnn(C)c1[C@@H]1C[C@H](N)CN(C(=O)OC(C)(C)C)C1. The lowest BCUT2D eigenvalue weighted by atomic mass is 9.90. The number of esters is 1. The molecule has 0 unspecified atom stereocenters. The molecule has 0 radical (unpaired) electrons. The number of piperidine rings is 1. The van der Waals surface area contributed by atoms with Crippen LogP contribution in [0.15, 0.2) is 6.20 Å². The van der Waals surface area contributed by atoms with Gasteiger partial charge in [-0.05, 0) is 34.1 Å². The summed E-state index contributed by atoms with van der Waals surface area (Å²) in [6.07, 6.45) is 1.77. The lowest BCUT2D eigenvalue weighted by Crippen LogP contribution is -2.50. The maximum absolute atomic E-state index is 12.4. The smallest absolute Gasteiger partial charge is 0.410 e. The lowest BCUT2D eigenvalue weighted by molar-refractivity contribution is 0.0178. The highest BCUT2D eigenvalue weighted by molar-refractivity contribution is 5.90. The average molecular weight is 352 g/mol. The van der Waals surface area contributed by atoms with Crippen LogP contribution in [0.2, 0.25) is 0 Å². The molecule has 1 fully saturated rings. The van der Waals surface area contributed by atoms with Crippen LogP contribution in [0.25, 0.3) is 0 Å². The summed E-state index contributed by atoms with van der Waals surface area (Å²) in [6.45, 7) is 8.38. The zero-order chi connectivity index (χ0) is 18.8. The summed E-state index contributed by atoms with van der Waals surface area (Å²) in [4.78, 5) is 26.2. The monoisotopic (exact) mass is 352 g/mol. The largest absolute Gasteiger partial charge is 0.462 e. The van der Waals surface area contributed by atoms with E-state index >= 15 is 0 Å². The zero-order valence-corrected chi connectivity index (χ0v) is 15.6. The van der Waals surface area contributed by atoms with Gasteiger partial charge in [-0.15, -0.1) is 0 Å². The molecular formula is C17H28N4O4. The maximum atomic E-state index is 12.4. The number of nitrogens with zero attached hydrogens (tertiary/aromatic N) is 3. The van der Waals surface area contributed by atoms with Crippen LogP contribution in [0.5, 0.6) is 0 Å². The van der Waals surface area contributed by atoms with E-state index in [4.69, 9.17) is 15.2 Å². The number of ether oxygens (including phenoxy) is 2. The Morgan fingerprint density at radius 2 is 2.04 bits per heavy atom. The normalized spacial score (nSPS) is 21.1. The first kappa shape index (κ1) is 19.2. The van der Waals surface area contributed by atoms with Gasteiger partial charge in [-0.25, -0.2) is 9.59 Å². The number of carbonyl (C=O) groups is 2. The highest BCUT2D eigenvalue weighted by Gasteiger charge is 2.35. The number of rotatable bonds is 3. The number of hydrogen-bond donors (Lipinski definition) is 1. The van der Waals surface area contributed by atoms with Crippen LogP contribution in [-0.4, -0.2) is 58.1 Å². The van der Waals surface area contributed by atoms with Crippen LogP contribution in [0.4, 0.5) is 4.79 Å². The van der Waals surface area contributed by atoms with Crippen LogP contribution in [0.3, 0.4) is 0 Å². The summed E-state index contributed by atoms with van der Waals surface area (Å²) >= 11 is 0. The standard InChI is InChI=1S/C17H28N4O4/c1-6-24-15(22)13-8-19-20(5)14(13)11-7-12(18)10-21(9-11)16(23)25-17(2,3)4/h8,11-12H,6-7,9-10,18H2,1-5H3/t11-,12+/m1/s1. The zero-order valence-electron chi connectivity index (χ0n) is 15.6. The fourth-order valence-corrected chi connectivity index (χ4v) is 3.11. The van der Waals surface area contributed by atoms with Gasteiger partial charge >= 0.3 is 12.1 Å². The van der Waals surface area contributed by atoms with Crippen molar-refractivity contribution < 1.29 is 19.1 Å². The van der Waals surface area contributed by atoms with E-state index in [1.165, 1.54) is 6.20 Å². The van der Waals surface area contributed by atoms with E-state index in [1.54, 1.807) is 23.6 Å². The molecule has 2 rings (SSSR count). The van der Waals surface area contributed by atoms with Crippen LogP contribution >= 0.6 is 0 Å². The van der Waals surface area contributed by atoms with Gasteiger partial charge in [0.05, 0.1) is 18.5 Å². The van der Waals surface area contributed by atoms with E-state index in [-0.39, 0.29) is 12.0 Å². The maximum Gasteiger partial charge on any atom is 0.410 e. The van der Waals surface area contributed by atoms with Gasteiger partial charge in [0.1, 0.15) is 11.2 Å². The number of hydrogen-bond acceptors (Lipinski definition) is 6. The molecule has 8 heteroatoms. The van der Waals surface area contributed by atoms with Gasteiger partial charge in [0, 0.05) is 32.1 Å². The van der Waals surface area contributed by atoms with Crippen LogP contribution in [-0.2, 0) is 16.5 Å². The predicted octanol–water partition coefficient (Wildman–Crippen LogP) is 1.65. The van der Waals surface area contributed by atoms with Crippen molar-refractivity contribution in [2.24, 2.45) is 12.8 Å². The molecule has 0 aliphatic carbocycles. The molecule has 1 aromatic rings. The molecule has 2 N–H and O–H groups in total. The highest BCUT2D eigenvalue weighted by atomic mass is 16.6. The van der Waals surface area contributed by atoms with E-state index in [1.807, 2.05) is 20.8 Å². The molecule has 0 spiro atoms. The van der Waals surface area contributed by atoms with Crippen molar-refractivity contribution in [3.05, 3.63) is 17.5 Å². The summed E-state index contributed by atoms with van der Waals surface area (Å²) in [5, 5.41) is 4.19. The Labute approximate surface area is 148 Å². The topological polar surface area (TPSA) is 99.7 Å². The Bertz CT molecular complexity index is 635. The van der Waals surface area contributed by atoms with Crippen LogP contribution in [0.1, 0.15) is 56.1 Å². The molecule has 8 nitrogen and oxygen atoms in total. The minimum absolute atomic E-state index is 0.108. The van der Waals surface area contributed by atoms with Crippen molar-refractivity contribution >= 4 is 12.1 Å². The summed E-state index contributed by atoms with van der Waals surface area (Å²) in [7, 11) is 1.77. The van der Waals surface area contributed by atoms with Crippen molar-refractivity contribution in [3.8, 4) is 0 Å². The fraction of sp³-hybridized carbons (Fsp3) is 0.706. The van der Waals surface area contributed by atoms with Gasteiger partial charge < -0.3 is 20.1 Å².